The normalized spacial score (nSPS) is 11.3. The van der Waals surface area contributed by atoms with Crippen molar-refractivity contribution >= 4 is 23.0 Å². The summed E-state index contributed by atoms with van der Waals surface area (Å²) in [5, 5.41) is 0.336. The highest BCUT2D eigenvalue weighted by Gasteiger charge is 2.12. The Morgan fingerprint density at radius 2 is 1.62 bits per heavy atom. The molecule has 3 aromatic carbocycles. The van der Waals surface area contributed by atoms with Gasteiger partial charge in [0.2, 0.25) is 11.2 Å². The van der Waals surface area contributed by atoms with Gasteiger partial charge in [-0.1, -0.05) is 44.2 Å². The van der Waals surface area contributed by atoms with Gasteiger partial charge in [-0.05, 0) is 72.4 Å². The smallest absolute Gasteiger partial charge is 0.336 e. The number of esters is 1. The second-order valence-electron chi connectivity index (χ2n) is 8.59. The van der Waals surface area contributed by atoms with E-state index in [-0.39, 0.29) is 16.9 Å². The van der Waals surface area contributed by atoms with Crippen LogP contribution in [0.2, 0.25) is 0 Å². The maximum atomic E-state index is 12.9. The maximum Gasteiger partial charge on any atom is 0.336 e. The van der Waals surface area contributed by atoms with Crippen molar-refractivity contribution < 1.29 is 18.7 Å². The monoisotopic (exact) mass is 454 g/mol. The Balaban J connectivity index is 1.48. The molecule has 0 aliphatic carbocycles. The average molecular weight is 455 g/mol. The van der Waals surface area contributed by atoms with Gasteiger partial charge in [0, 0.05) is 12.1 Å². The quantitative estimate of drug-likeness (QED) is 0.179. The molecule has 34 heavy (non-hydrogen) atoms. The van der Waals surface area contributed by atoms with Gasteiger partial charge in [0.25, 0.3) is 0 Å². The molecule has 0 amide bonds. The van der Waals surface area contributed by atoms with Gasteiger partial charge in [-0.25, -0.2) is 4.79 Å². The highest BCUT2D eigenvalue weighted by molar-refractivity contribution is 5.89. The van der Waals surface area contributed by atoms with Crippen LogP contribution < -0.4 is 14.9 Å². The summed E-state index contributed by atoms with van der Waals surface area (Å²) in [7, 11) is 0. The summed E-state index contributed by atoms with van der Waals surface area (Å²) in [4.78, 5) is 25.1. The van der Waals surface area contributed by atoms with Crippen LogP contribution in [0.1, 0.15) is 42.0 Å². The standard InChI is InChI=1S/C29H26O5/c1-18(2)22-8-5-21(6-9-22)7-12-28(30)34-23-10-11-25-26(16-23)32-17-27(29(25)31)33-24-14-19(3)13-20(4)15-24/h5-18H,1-4H3. The molecule has 0 unspecified atom stereocenters. The summed E-state index contributed by atoms with van der Waals surface area (Å²) < 4.78 is 16.8. The van der Waals surface area contributed by atoms with Crippen molar-refractivity contribution in [1.29, 1.82) is 0 Å². The Morgan fingerprint density at radius 1 is 0.912 bits per heavy atom. The third kappa shape index (κ3) is 5.44. The fourth-order valence-electron chi connectivity index (χ4n) is 3.65. The molecule has 0 spiro atoms. The molecule has 0 bridgehead atoms. The Kier molecular flexibility index (Phi) is 6.64. The lowest BCUT2D eigenvalue weighted by Gasteiger charge is -2.08. The molecule has 4 aromatic rings. The van der Waals surface area contributed by atoms with E-state index >= 15 is 0 Å². The SMILES string of the molecule is Cc1cc(C)cc(Oc2coc3cc(OC(=O)C=Cc4ccc(C(C)C)cc4)ccc3c2=O)c1. The summed E-state index contributed by atoms with van der Waals surface area (Å²) in [5.41, 5.74) is 4.21. The number of ether oxygens (including phenoxy) is 2. The van der Waals surface area contributed by atoms with Crippen molar-refractivity contribution in [2.75, 3.05) is 0 Å². The van der Waals surface area contributed by atoms with Gasteiger partial charge in [-0.2, -0.15) is 0 Å². The first kappa shape index (κ1) is 23.1. The van der Waals surface area contributed by atoms with Crippen molar-refractivity contribution in [3.05, 3.63) is 105 Å². The van der Waals surface area contributed by atoms with E-state index in [2.05, 4.69) is 13.8 Å². The summed E-state index contributed by atoms with van der Waals surface area (Å²) in [6.07, 6.45) is 4.34. The molecule has 0 fully saturated rings. The van der Waals surface area contributed by atoms with Gasteiger partial charge in [0.05, 0.1) is 5.39 Å². The number of rotatable bonds is 6. The van der Waals surface area contributed by atoms with Crippen LogP contribution >= 0.6 is 0 Å². The van der Waals surface area contributed by atoms with Crippen LogP contribution in [0.5, 0.6) is 17.2 Å². The molecule has 5 nitrogen and oxygen atoms in total. The minimum absolute atomic E-state index is 0.0914. The minimum Gasteiger partial charge on any atom is -0.460 e. The first-order chi connectivity index (χ1) is 16.3. The third-order valence-corrected chi connectivity index (χ3v) is 5.37. The van der Waals surface area contributed by atoms with Crippen LogP contribution in [0.4, 0.5) is 0 Å². The summed E-state index contributed by atoms with van der Waals surface area (Å²) in [6.45, 7) is 8.19. The number of carbonyl (C=O) groups excluding carboxylic acids is 1. The average Bonchev–Trinajstić information content (AvgIpc) is 2.79. The van der Waals surface area contributed by atoms with Crippen molar-refractivity contribution in [2.24, 2.45) is 0 Å². The van der Waals surface area contributed by atoms with Gasteiger partial charge >= 0.3 is 5.97 Å². The van der Waals surface area contributed by atoms with Gasteiger partial charge in [-0.15, -0.1) is 0 Å². The van der Waals surface area contributed by atoms with Crippen LogP contribution in [0, 0.1) is 13.8 Å². The zero-order chi connectivity index (χ0) is 24.2. The van der Waals surface area contributed by atoms with Crippen LogP contribution in [0.25, 0.3) is 17.0 Å². The number of hydrogen-bond donors (Lipinski definition) is 0. The van der Waals surface area contributed by atoms with E-state index in [4.69, 9.17) is 13.9 Å². The minimum atomic E-state index is -0.524. The molecular weight excluding hydrogens is 428 g/mol. The zero-order valence-corrected chi connectivity index (χ0v) is 19.6. The maximum absolute atomic E-state index is 12.9. The fraction of sp³-hybridized carbons (Fsp3) is 0.172. The number of carbonyl (C=O) groups is 1. The van der Waals surface area contributed by atoms with E-state index in [0.717, 1.165) is 16.7 Å². The predicted octanol–water partition coefficient (Wildman–Crippen LogP) is 6.94. The van der Waals surface area contributed by atoms with Crippen molar-refractivity contribution in [3.8, 4) is 17.2 Å². The van der Waals surface area contributed by atoms with Crippen LogP contribution in [-0.2, 0) is 4.79 Å². The van der Waals surface area contributed by atoms with E-state index < -0.39 is 5.97 Å². The number of fused-ring (bicyclic) bond motifs is 1. The highest BCUT2D eigenvalue weighted by atomic mass is 16.5. The summed E-state index contributed by atoms with van der Waals surface area (Å²) in [6, 6.07) is 18.4. The Labute approximate surface area is 198 Å². The summed E-state index contributed by atoms with van der Waals surface area (Å²) >= 11 is 0. The Bertz CT molecular complexity index is 1410. The van der Waals surface area contributed by atoms with E-state index in [1.807, 2.05) is 56.3 Å². The molecule has 0 aliphatic rings. The molecule has 0 saturated carbocycles. The first-order valence-corrected chi connectivity index (χ1v) is 11.1. The van der Waals surface area contributed by atoms with Crippen molar-refractivity contribution in [2.45, 2.75) is 33.6 Å². The van der Waals surface area contributed by atoms with E-state index in [0.29, 0.717) is 22.6 Å². The molecule has 1 aromatic heterocycles. The van der Waals surface area contributed by atoms with Gasteiger partial charge in [-0.3, -0.25) is 4.79 Å². The lowest BCUT2D eigenvalue weighted by Crippen LogP contribution is -2.06. The largest absolute Gasteiger partial charge is 0.460 e. The number of aryl methyl sites for hydroxylation is 2. The molecular formula is C29H26O5. The molecule has 4 rings (SSSR count). The lowest BCUT2D eigenvalue weighted by atomic mass is 10.0. The first-order valence-electron chi connectivity index (χ1n) is 11.1. The Morgan fingerprint density at radius 3 is 2.29 bits per heavy atom. The zero-order valence-electron chi connectivity index (χ0n) is 19.6. The number of benzene rings is 3. The van der Waals surface area contributed by atoms with Crippen molar-refractivity contribution in [1.82, 2.24) is 0 Å². The molecule has 0 radical (unpaired) electrons. The van der Waals surface area contributed by atoms with E-state index in [9.17, 15) is 9.59 Å². The van der Waals surface area contributed by atoms with Crippen LogP contribution in [-0.4, -0.2) is 5.97 Å². The van der Waals surface area contributed by atoms with Gasteiger partial charge < -0.3 is 13.9 Å². The molecule has 0 N–H and O–H groups in total. The molecule has 0 atom stereocenters. The van der Waals surface area contributed by atoms with Gasteiger partial charge in [0.1, 0.15) is 23.3 Å². The van der Waals surface area contributed by atoms with E-state index in [1.54, 1.807) is 18.2 Å². The molecule has 0 saturated heterocycles. The topological polar surface area (TPSA) is 65.7 Å². The Hall–Kier alpha value is -4.12. The second kappa shape index (κ2) is 9.79. The molecule has 1 heterocycles. The fourth-order valence-corrected chi connectivity index (χ4v) is 3.65. The molecule has 172 valence electrons. The highest BCUT2D eigenvalue weighted by Crippen LogP contribution is 2.25. The van der Waals surface area contributed by atoms with E-state index in [1.165, 1.54) is 24.0 Å². The van der Waals surface area contributed by atoms with Crippen LogP contribution in [0.3, 0.4) is 0 Å². The molecule has 0 aliphatic heterocycles. The third-order valence-electron chi connectivity index (χ3n) is 5.37. The summed E-state index contributed by atoms with van der Waals surface area (Å²) in [5.74, 6) is 0.868. The molecule has 5 heteroatoms. The van der Waals surface area contributed by atoms with Gasteiger partial charge in [0.15, 0.2) is 0 Å². The lowest BCUT2D eigenvalue weighted by molar-refractivity contribution is -0.128. The van der Waals surface area contributed by atoms with Crippen LogP contribution in [0.15, 0.2) is 82.2 Å². The second-order valence-corrected chi connectivity index (χ2v) is 8.59. The number of hydrogen-bond acceptors (Lipinski definition) is 5. The van der Waals surface area contributed by atoms with Crippen molar-refractivity contribution in [3.63, 3.8) is 0 Å². The predicted molar refractivity (Wildman–Crippen MR) is 134 cm³/mol.